The van der Waals surface area contributed by atoms with Crippen LogP contribution in [0.4, 0.5) is 4.39 Å². The second-order valence-electron chi connectivity index (χ2n) is 5.05. The molecular weight excluding hydrogens is 313 g/mol. The highest BCUT2D eigenvalue weighted by molar-refractivity contribution is 5.92. The summed E-state index contributed by atoms with van der Waals surface area (Å²) in [5.41, 5.74) is 0.704. The summed E-state index contributed by atoms with van der Waals surface area (Å²) >= 11 is 0. The molecule has 0 spiro atoms. The first kappa shape index (κ1) is 17.5. The van der Waals surface area contributed by atoms with Gasteiger partial charge < -0.3 is 14.1 Å². The number of hydrogen-bond acceptors (Lipinski definition) is 4. The molecule has 0 N–H and O–H groups in total. The number of nitrogens with zero attached hydrogens (tertiary/aromatic N) is 1. The molecule has 2 aromatic rings. The van der Waals surface area contributed by atoms with Crippen molar-refractivity contribution in [3.63, 3.8) is 0 Å². The number of halogens is 1. The molecule has 0 aliphatic carbocycles. The van der Waals surface area contributed by atoms with Crippen molar-refractivity contribution in [2.45, 2.75) is 13.0 Å². The van der Waals surface area contributed by atoms with Crippen LogP contribution in [0.15, 0.2) is 53.2 Å². The van der Waals surface area contributed by atoms with Crippen molar-refractivity contribution in [2.24, 2.45) is 0 Å². The zero-order valence-electron chi connectivity index (χ0n) is 13.3. The summed E-state index contributed by atoms with van der Waals surface area (Å²) < 4.78 is 22.7. The first-order valence-corrected chi connectivity index (χ1v) is 7.40. The van der Waals surface area contributed by atoms with Gasteiger partial charge in [0.15, 0.2) is 0 Å². The predicted octanol–water partition coefficient (Wildman–Crippen LogP) is 3.02. The van der Waals surface area contributed by atoms with Crippen molar-refractivity contribution in [1.82, 2.24) is 4.90 Å². The van der Waals surface area contributed by atoms with Gasteiger partial charge >= 0.3 is 5.97 Å². The van der Waals surface area contributed by atoms with Crippen LogP contribution in [0.25, 0.3) is 6.08 Å². The molecular formula is C18H18FNO4. The number of ether oxygens (including phenoxy) is 1. The molecule has 0 saturated heterocycles. The molecule has 0 radical (unpaired) electrons. The van der Waals surface area contributed by atoms with E-state index in [2.05, 4.69) is 4.74 Å². The lowest BCUT2D eigenvalue weighted by Crippen LogP contribution is -2.31. The van der Waals surface area contributed by atoms with Gasteiger partial charge in [0.1, 0.15) is 11.6 Å². The van der Waals surface area contributed by atoms with Crippen molar-refractivity contribution in [3.8, 4) is 0 Å². The Bertz CT molecular complexity index is 692. The molecule has 1 aromatic carbocycles. The molecule has 0 aliphatic rings. The van der Waals surface area contributed by atoms with Crippen LogP contribution in [0.1, 0.15) is 17.7 Å². The minimum Gasteiger partial charge on any atom is -0.469 e. The average Bonchev–Trinajstić information content (AvgIpc) is 3.10. The quantitative estimate of drug-likeness (QED) is 0.578. The number of amides is 1. The highest BCUT2D eigenvalue weighted by Gasteiger charge is 2.15. The number of carbonyl (C=O) groups excluding carboxylic acids is 2. The molecule has 0 saturated carbocycles. The van der Waals surface area contributed by atoms with Gasteiger partial charge in [-0.05, 0) is 35.9 Å². The van der Waals surface area contributed by atoms with Gasteiger partial charge in [0.05, 0.1) is 26.3 Å². The van der Waals surface area contributed by atoms with Crippen LogP contribution in [-0.4, -0.2) is 30.4 Å². The zero-order chi connectivity index (χ0) is 17.4. The largest absolute Gasteiger partial charge is 0.469 e. The van der Waals surface area contributed by atoms with Crippen LogP contribution in [0.5, 0.6) is 0 Å². The molecule has 0 fully saturated rings. The molecule has 1 amide bonds. The second kappa shape index (κ2) is 8.67. The summed E-state index contributed by atoms with van der Waals surface area (Å²) in [5.74, 6) is -0.395. The van der Waals surface area contributed by atoms with Gasteiger partial charge in [-0.1, -0.05) is 12.1 Å². The maximum Gasteiger partial charge on any atom is 0.307 e. The first-order chi connectivity index (χ1) is 11.6. The number of benzene rings is 1. The van der Waals surface area contributed by atoms with Gasteiger partial charge in [-0.25, -0.2) is 4.39 Å². The highest BCUT2D eigenvalue weighted by Crippen LogP contribution is 2.09. The lowest BCUT2D eigenvalue weighted by atomic mass is 10.2. The number of carbonyl (C=O) groups is 2. The van der Waals surface area contributed by atoms with Gasteiger partial charge in [0, 0.05) is 12.6 Å². The molecule has 0 atom stereocenters. The van der Waals surface area contributed by atoms with Crippen molar-refractivity contribution < 1.29 is 23.1 Å². The molecule has 24 heavy (non-hydrogen) atoms. The van der Waals surface area contributed by atoms with E-state index in [1.807, 2.05) is 0 Å². The van der Waals surface area contributed by atoms with Gasteiger partial charge in [-0.3, -0.25) is 9.59 Å². The van der Waals surface area contributed by atoms with Crippen LogP contribution < -0.4 is 0 Å². The lowest BCUT2D eigenvalue weighted by Gasteiger charge is -2.19. The molecule has 1 heterocycles. The Morgan fingerprint density at radius 1 is 1.25 bits per heavy atom. The van der Waals surface area contributed by atoms with Gasteiger partial charge in [-0.2, -0.15) is 0 Å². The molecule has 2 rings (SSSR count). The molecule has 0 bridgehead atoms. The minimum absolute atomic E-state index is 0.0906. The third-order valence-electron chi connectivity index (χ3n) is 3.34. The van der Waals surface area contributed by atoms with Crippen LogP contribution in [0, 0.1) is 5.82 Å². The van der Waals surface area contributed by atoms with Crippen LogP contribution in [0.3, 0.4) is 0 Å². The van der Waals surface area contributed by atoms with E-state index in [9.17, 15) is 14.0 Å². The normalized spacial score (nSPS) is 10.8. The Morgan fingerprint density at radius 2 is 2.00 bits per heavy atom. The number of rotatable bonds is 7. The molecule has 126 valence electrons. The molecule has 5 nitrogen and oxygen atoms in total. The fourth-order valence-electron chi connectivity index (χ4n) is 2.03. The third-order valence-corrected chi connectivity index (χ3v) is 3.34. The van der Waals surface area contributed by atoms with E-state index in [4.69, 9.17) is 4.42 Å². The Labute approximate surface area is 139 Å². The molecule has 6 heteroatoms. The van der Waals surface area contributed by atoms with Crippen molar-refractivity contribution in [1.29, 1.82) is 0 Å². The summed E-state index contributed by atoms with van der Waals surface area (Å²) in [7, 11) is 1.30. The summed E-state index contributed by atoms with van der Waals surface area (Å²) in [6, 6.07) is 9.27. The second-order valence-corrected chi connectivity index (χ2v) is 5.05. The monoisotopic (exact) mass is 331 g/mol. The molecule has 1 aromatic heterocycles. The van der Waals surface area contributed by atoms with E-state index in [0.29, 0.717) is 11.3 Å². The standard InChI is InChI=1S/C18H18FNO4/c1-23-18(22)10-11-20(13-16-3-2-12-24-16)17(21)9-6-14-4-7-15(19)8-5-14/h2-9,12H,10-11,13H2,1H3/b9-6+. The smallest absolute Gasteiger partial charge is 0.307 e. The van der Waals surface area contributed by atoms with Crippen LogP contribution in [-0.2, 0) is 20.9 Å². The highest BCUT2D eigenvalue weighted by atomic mass is 19.1. The molecule has 0 unspecified atom stereocenters. The predicted molar refractivity (Wildman–Crippen MR) is 86.2 cm³/mol. The van der Waals surface area contributed by atoms with Gasteiger partial charge in [0.2, 0.25) is 5.91 Å². The van der Waals surface area contributed by atoms with Crippen molar-refractivity contribution in [2.75, 3.05) is 13.7 Å². The minimum atomic E-state index is -0.394. The Hall–Kier alpha value is -2.89. The maximum atomic E-state index is 12.9. The fourth-order valence-corrected chi connectivity index (χ4v) is 2.03. The summed E-state index contributed by atoms with van der Waals surface area (Å²) in [5, 5.41) is 0. The van der Waals surface area contributed by atoms with E-state index >= 15 is 0 Å². The number of esters is 1. The SMILES string of the molecule is COC(=O)CCN(Cc1ccco1)C(=O)/C=C/c1ccc(F)cc1. The van der Waals surface area contributed by atoms with Gasteiger partial charge in [-0.15, -0.1) is 0 Å². The Balaban J connectivity index is 2.04. The Morgan fingerprint density at radius 3 is 2.62 bits per heavy atom. The van der Waals surface area contributed by atoms with Crippen molar-refractivity contribution >= 4 is 18.0 Å². The number of furan rings is 1. The van der Waals surface area contributed by atoms with Crippen LogP contribution in [0.2, 0.25) is 0 Å². The fraction of sp³-hybridized carbons (Fsp3) is 0.222. The van der Waals surface area contributed by atoms with Crippen molar-refractivity contribution in [3.05, 3.63) is 65.9 Å². The topological polar surface area (TPSA) is 59.8 Å². The van der Waals surface area contributed by atoms with Gasteiger partial charge in [0.25, 0.3) is 0 Å². The lowest BCUT2D eigenvalue weighted by molar-refractivity contribution is -0.141. The zero-order valence-corrected chi connectivity index (χ0v) is 13.3. The summed E-state index contributed by atoms with van der Waals surface area (Å²) in [6.07, 6.45) is 4.59. The summed E-state index contributed by atoms with van der Waals surface area (Å²) in [4.78, 5) is 25.2. The molecule has 0 aliphatic heterocycles. The van der Waals surface area contributed by atoms with E-state index in [-0.39, 0.29) is 31.2 Å². The average molecular weight is 331 g/mol. The maximum absolute atomic E-state index is 12.9. The van der Waals surface area contributed by atoms with E-state index in [1.165, 1.54) is 36.5 Å². The van der Waals surface area contributed by atoms with E-state index in [1.54, 1.807) is 30.3 Å². The third kappa shape index (κ3) is 5.39. The van der Waals surface area contributed by atoms with Crippen LogP contribution >= 0.6 is 0 Å². The van der Waals surface area contributed by atoms with E-state index < -0.39 is 5.97 Å². The first-order valence-electron chi connectivity index (χ1n) is 7.40. The number of hydrogen-bond donors (Lipinski definition) is 0. The van der Waals surface area contributed by atoms with E-state index in [0.717, 1.165) is 0 Å². The number of methoxy groups -OCH3 is 1. The Kier molecular flexibility index (Phi) is 6.31. The summed E-state index contributed by atoms with van der Waals surface area (Å²) in [6.45, 7) is 0.455.